The number of hydrogen-bond acceptors (Lipinski definition) is 3. The van der Waals surface area contributed by atoms with Crippen molar-refractivity contribution in [1.29, 1.82) is 0 Å². The standard InChI is InChI=1S/C15H16O3/c1-9-4-3-5-12(16)14-11-8-10(17-2)6-7-13(11)18-15(9)14/h6-9H,3-5H2,1-2H3/t9-/m0/s1. The number of carbonyl (C=O) groups excluding carboxylic acids is 1. The summed E-state index contributed by atoms with van der Waals surface area (Å²) < 4.78 is 11.1. The Morgan fingerprint density at radius 2 is 2.22 bits per heavy atom. The fraction of sp³-hybridized carbons (Fsp3) is 0.400. The summed E-state index contributed by atoms with van der Waals surface area (Å²) in [4.78, 5) is 12.2. The van der Waals surface area contributed by atoms with Crippen LogP contribution in [0.5, 0.6) is 5.75 Å². The molecular formula is C15H16O3. The molecule has 18 heavy (non-hydrogen) atoms. The first kappa shape index (κ1) is 11.3. The molecule has 1 aromatic heterocycles. The van der Waals surface area contributed by atoms with Gasteiger partial charge in [0.05, 0.1) is 12.7 Å². The molecule has 0 radical (unpaired) electrons. The van der Waals surface area contributed by atoms with E-state index in [1.165, 1.54) is 0 Å². The summed E-state index contributed by atoms with van der Waals surface area (Å²) in [6, 6.07) is 5.64. The van der Waals surface area contributed by atoms with Crippen LogP contribution in [-0.4, -0.2) is 12.9 Å². The molecule has 0 unspecified atom stereocenters. The van der Waals surface area contributed by atoms with Crippen molar-refractivity contribution in [2.75, 3.05) is 7.11 Å². The molecule has 3 nitrogen and oxygen atoms in total. The Hall–Kier alpha value is -1.77. The summed E-state index contributed by atoms with van der Waals surface area (Å²) in [6.07, 6.45) is 2.56. The molecule has 1 aromatic carbocycles. The summed E-state index contributed by atoms with van der Waals surface area (Å²) in [5, 5.41) is 0.892. The van der Waals surface area contributed by atoms with E-state index in [1.807, 2.05) is 18.2 Å². The first-order chi connectivity index (χ1) is 8.70. The number of carbonyl (C=O) groups is 1. The Balaban J connectivity index is 2.29. The Bertz CT molecular complexity index is 609. The second kappa shape index (κ2) is 4.16. The van der Waals surface area contributed by atoms with Crippen LogP contribution < -0.4 is 4.74 Å². The molecule has 1 heterocycles. The fourth-order valence-electron chi connectivity index (χ4n) is 2.68. The molecule has 94 valence electrons. The third kappa shape index (κ3) is 1.62. The number of fused-ring (bicyclic) bond motifs is 3. The van der Waals surface area contributed by atoms with Gasteiger partial charge in [0, 0.05) is 17.7 Å². The summed E-state index contributed by atoms with van der Waals surface area (Å²) in [5.41, 5.74) is 1.55. The minimum atomic E-state index is 0.196. The van der Waals surface area contributed by atoms with Crippen molar-refractivity contribution >= 4 is 16.8 Å². The number of benzene rings is 1. The molecule has 0 aliphatic heterocycles. The predicted octanol–water partition coefficient (Wildman–Crippen LogP) is 3.91. The van der Waals surface area contributed by atoms with Crippen molar-refractivity contribution in [3.8, 4) is 5.75 Å². The van der Waals surface area contributed by atoms with E-state index >= 15 is 0 Å². The molecule has 3 heteroatoms. The van der Waals surface area contributed by atoms with Crippen LogP contribution in [0.15, 0.2) is 22.6 Å². The van der Waals surface area contributed by atoms with E-state index in [0.717, 1.165) is 40.9 Å². The van der Waals surface area contributed by atoms with Gasteiger partial charge in [-0.25, -0.2) is 0 Å². The van der Waals surface area contributed by atoms with Gasteiger partial charge in [0.15, 0.2) is 5.78 Å². The molecule has 0 amide bonds. The van der Waals surface area contributed by atoms with E-state index in [2.05, 4.69) is 6.92 Å². The second-order valence-corrected chi connectivity index (χ2v) is 4.92. The molecule has 0 saturated heterocycles. The molecule has 0 N–H and O–H groups in total. The van der Waals surface area contributed by atoms with Gasteiger partial charge in [-0.15, -0.1) is 0 Å². The van der Waals surface area contributed by atoms with Gasteiger partial charge in [-0.05, 0) is 31.0 Å². The molecule has 0 spiro atoms. The number of hydrogen-bond donors (Lipinski definition) is 0. The van der Waals surface area contributed by atoms with E-state index in [1.54, 1.807) is 7.11 Å². The van der Waals surface area contributed by atoms with E-state index in [9.17, 15) is 4.79 Å². The SMILES string of the molecule is COc1ccc2oc3c(c2c1)C(=O)CCC[C@@H]3C. The Labute approximate surface area is 106 Å². The number of rotatable bonds is 1. The zero-order chi connectivity index (χ0) is 12.7. The van der Waals surface area contributed by atoms with Gasteiger partial charge in [0.25, 0.3) is 0 Å². The van der Waals surface area contributed by atoms with Crippen molar-refractivity contribution in [3.63, 3.8) is 0 Å². The molecule has 1 aliphatic carbocycles. The van der Waals surface area contributed by atoms with E-state index in [0.29, 0.717) is 12.3 Å². The highest BCUT2D eigenvalue weighted by atomic mass is 16.5. The maximum absolute atomic E-state index is 12.2. The van der Waals surface area contributed by atoms with Crippen LogP contribution in [0.3, 0.4) is 0 Å². The molecule has 1 aliphatic rings. The summed E-state index contributed by atoms with van der Waals surface area (Å²) in [7, 11) is 1.63. The van der Waals surface area contributed by atoms with Gasteiger partial charge in [0.2, 0.25) is 0 Å². The third-order valence-electron chi connectivity index (χ3n) is 3.69. The lowest BCUT2D eigenvalue weighted by atomic mass is 10.0. The van der Waals surface area contributed by atoms with Crippen LogP contribution in [0, 0.1) is 0 Å². The Morgan fingerprint density at radius 3 is 3.00 bits per heavy atom. The largest absolute Gasteiger partial charge is 0.497 e. The molecule has 2 aromatic rings. The molecule has 3 rings (SSSR count). The topological polar surface area (TPSA) is 39.4 Å². The van der Waals surface area contributed by atoms with Crippen LogP contribution in [0.4, 0.5) is 0 Å². The molecule has 0 saturated carbocycles. The smallest absolute Gasteiger partial charge is 0.167 e. The Kier molecular flexibility index (Phi) is 2.62. The monoisotopic (exact) mass is 244 g/mol. The van der Waals surface area contributed by atoms with Gasteiger partial charge in [-0.1, -0.05) is 6.92 Å². The first-order valence-corrected chi connectivity index (χ1v) is 6.34. The zero-order valence-electron chi connectivity index (χ0n) is 10.7. The average molecular weight is 244 g/mol. The second-order valence-electron chi connectivity index (χ2n) is 4.92. The van der Waals surface area contributed by atoms with E-state index in [4.69, 9.17) is 9.15 Å². The van der Waals surface area contributed by atoms with Gasteiger partial charge in [0.1, 0.15) is 17.1 Å². The lowest BCUT2D eigenvalue weighted by Crippen LogP contribution is -1.98. The third-order valence-corrected chi connectivity index (χ3v) is 3.69. The number of ketones is 1. The van der Waals surface area contributed by atoms with Crippen LogP contribution in [0.1, 0.15) is 48.2 Å². The lowest BCUT2D eigenvalue weighted by Gasteiger charge is -2.04. The molecule has 0 fully saturated rings. The summed E-state index contributed by atoms with van der Waals surface area (Å²) in [6.45, 7) is 2.12. The molecular weight excluding hydrogens is 228 g/mol. The number of ether oxygens (including phenoxy) is 1. The van der Waals surface area contributed by atoms with E-state index < -0.39 is 0 Å². The van der Waals surface area contributed by atoms with Gasteiger partial charge >= 0.3 is 0 Å². The number of methoxy groups -OCH3 is 1. The number of Topliss-reactive ketones (excluding diaryl/α,β-unsaturated/α-hetero) is 1. The number of furan rings is 1. The van der Waals surface area contributed by atoms with Crippen molar-refractivity contribution in [2.45, 2.75) is 32.1 Å². The maximum atomic E-state index is 12.2. The normalized spacial score (nSPS) is 19.7. The lowest BCUT2D eigenvalue weighted by molar-refractivity contribution is 0.0983. The van der Waals surface area contributed by atoms with Crippen LogP contribution in [-0.2, 0) is 0 Å². The summed E-state index contributed by atoms with van der Waals surface area (Å²) in [5.74, 6) is 2.11. The highest BCUT2D eigenvalue weighted by Gasteiger charge is 2.27. The van der Waals surface area contributed by atoms with E-state index in [-0.39, 0.29) is 5.78 Å². The van der Waals surface area contributed by atoms with Gasteiger partial charge in [-0.2, -0.15) is 0 Å². The fourth-order valence-corrected chi connectivity index (χ4v) is 2.68. The highest BCUT2D eigenvalue weighted by Crippen LogP contribution is 2.38. The minimum absolute atomic E-state index is 0.196. The minimum Gasteiger partial charge on any atom is -0.497 e. The predicted molar refractivity (Wildman–Crippen MR) is 69.4 cm³/mol. The summed E-state index contributed by atoms with van der Waals surface area (Å²) >= 11 is 0. The quantitative estimate of drug-likeness (QED) is 0.714. The first-order valence-electron chi connectivity index (χ1n) is 6.34. The van der Waals surface area contributed by atoms with Crippen LogP contribution in [0.25, 0.3) is 11.0 Å². The maximum Gasteiger partial charge on any atom is 0.167 e. The van der Waals surface area contributed by atoms with Crippen molar-refractivity contribution in [2.24, 2.45) is 0 Å². The van der Waals surface area contributed by atoms with Gasteiger partial charge in [-0.3, -0.25) is 4.79 Å². The van der Waals surface area contributed by atoms with Crippen molar-refractivity contribution in [1.82, 2.24) is 0 Å². The van der Waals surface area contributed by atoms with Crippen LogP contribution >= 0.6 is 0 Å². The van der Waals surface area contributed by atoms with Crippen molar-refractivity contribution in [3.05, 3.63) is 29.5 Å². The zero-order valence-corrected chi connectivity index (χ0v) is 10.7. The highest BCUT2D eigenvalue weighted by molar-refractivity contribution is 6.09. The van der Waals surface area contributed by atoms with Crippen molar-refractivity contribution < 1.29 is 13.9 Å². The van der Waals surface area contributed by atoms with Crippen LogP contribution in [0.2, 0.25) is 0 Å². The molecule has 0 bridgehead atoms. The molecule has 1 atom stereocenters. The Morgan fingerprint density at radius 1 is 1.39 bits per heavy atom. The average Bonchev–Trinajstić information content (AvgIpc) is 2.70. The van der Waals surface area contributed by atoms with Gasteiger partial charge < -0.3 is 9.15 Å².